The quantitative estimate of drug-likeness (QED) is 0.322. The van der Waals surface area contributed by atoms with Gasteiger partial charge in [-0.25, -0.2) is 4.98 Å². The molecule has 168 valence electrons. The van der Waals surface area contributed by atoms with Crippen molar-refractivity contribution in [1.82, 2.24) is 20.5 Å². The van der Waals surface area contributed by atoms with Gasteiger partial charge in [0.25, 0.3) is 0 Å². The zero-order valence-corrected chi connectivity index (χ0v) is 20.7. The van der Waals surface area contributed by atoms with Gasteiger partial charge >= 0.3 is 0 Å². The Bertz CT molecular complexity index is 860. The standard InChI is InChI=1S/C23H31N5O2.HI/c1-17(2)22(29)28-12-10-20(15-28)27-23(24-3)26-14-19-9-11-25-21(13-19)30-16-18-7-5-4-6-8-18;/h4-9,11,13,17,20H,10,12,14-16H2,1-3H3,(H2,24,26,27);1H. The molecule has 1 aromatic carbocycles. The fourth-order valence-corrected chi connectivity index (χ4v) is 3.39. The van der Waals surface area contributed by atoms with E-state index >= 15 is 0 Å². The van der Waals surface area contributed by atoms with Crippen molar-refractivity contribution in [3.8, 4) is 5.88 Å². The highest BCUT2D eigenvalue weighted by molar-refractivity contribution is 14.0. The molecule has 8 heteroatoms. The predicted molar refractivity (Wildman–Crippen MR) is 134 cm³/mol. The highest BCUT2D eigenvalue weighted by Crippen LogP contribution is 2.14. The Morgan fingerprint density at radius 3 is 2.74 bits per heavy atom. The van der Waals surface area contributed by atoms with Crippen molar-refractivity contribution in [3.63, 3.8) is 0 Å². The summed E-state index contributed by atoms with van der Waals surface area (Å²) in [6, 6.07) is 14.1. The minimum atomic E-state index is 0. The van der Waals surface area contributed by atoms with Crippen LogP contribution in [0.3, 0.4) is 0 Å². The number of amides is 1. The van der Waals surface area contributed by atoms with E-state index in [-0.39, 0.29) is 41.8 Å². The van der Waals surface area contributed by atoms with Gasteiger partial charge in [0.15, 0.2) is 5.96 Å². The number of nitrogens with one attached hydrogen (secondary N) is 2. The summed E-state index contributed by atoms with van der Waals surface area (Å²) in [5, 5.41) is 6.75. The van der Waals surface area contributed by atoms with Crippen LogP contribution in [-0.4, -0.2) is 47.9 Å². The third-order valence-electron chi connectivity index (χ3n) is 5.05. The maximum atomic E-state index is 12.2. The van der Waals surface area contributed by atoms with Gasteiger partial charge in [-0.15, -0.1) is 24.0 Å². The van der Waals surface area contributed by atoms with Crippen molar-refractivity contribution < 1.29 is 9.53 Å². The van der Waals surface area contributed by atoms with E-state index in [1.165, 1.54) is 0 Å². The van der Waals surface area contributed by atoms with E-state index in [2.05, 4.69) is 20.6 Å². The summed E-state index contributed by atoms with van der Waals surface area (Å²) in [7, 11) is 1.75. The summed E-state index contributed by atoms with van der Waals surface area (Å²) in [6.45, 7) is 6.47. The second kappa shape index (κ2) is 12.5. The second-order valence-electron chi connectivity index (χ2n) is 7.77. The van der Waals surface area contributed by atoms with Crippen LogP contribution < -0.4 is 15.4 Å². The van der Waals surface area contributed by atoms with Gasteiger partial charge in [-0.05, 0) is 23.6 Å². The summed E-state index contributed by atoms with van der Waals surface area (Å²) in [4.78, 5) is 22.7. The lowest BCUT2D eigenvalue weighted by atomic mass is 10.2. The summed E-state index contributed by atoms with van der Waals surface area (Å²) >= 11 is 0. The molecular formula is C23H32IN5O2. The molecule has 1 aromatic heterocycles. The molecule has 7 nitrogen and oxygen atoms in total. The Labute approximate surface area is 201 Å². The number of halogens is 1. The maximum Gasteiger partial charge on any atom is 0.225 e. The topological polar surface area (TPSA) is 78.9 Å². The van der Waals surface area contributed by atoms with Gasteiger partial charge in [0, 0.05) is 50.9 Å². The molecule has 1 aliphatic heterocycles. The maximum absolute atomic E-state index is 12.2. The molecule has 2 N–H and O–H groups in total. The molecule has 2 heterocycles. The molecule has 1 unspecified atom stereocenters. The highest BCUT2D eigenvalue weighted by Gasteiger charge is 2.27. The first-order chi connectivity index (χ1) is 14.5. The normalized spacial score (nSPS) is 16.1. The number of carbonyl (C=O) groups excluding carboxylic acids is 1. The molecule has 2 aromatic rings. The van der Waals surface area contributed by atoms with E-state index in [4.69, 9.17) is 4.74 Å². The van der Waals surface area contributed by atoms with Crippen molar-refractivity contribution in [2.24, 2.45) is 10.9 Å². The van der Waals surface area contributed by atoms with Gasteiger partial charge in [-0.1, -0.05) is 44.2 Å². The molecule has 1 amide bonds. The summed E-state index contributed by atoms with van der Waals surface area (Å²) < 4.78 is 5.80. The average molecular weight is 537 g/mol. The number of hydrogen-bond donors (Lipinski definition) is 2. The number of aliphatic imine (C=N–C) groups is 1. The predicted octanol–water partition coefficient (Wildman–Crippen LogP) is 3.20. The van der Waals surface area contributed by atoms with E-state index < -0.39 is 0 Å². The number of hydrogen-bond acceptors (Lipinski definition) is 4. The highest BCUT2D eigenvalue weighted by atomic mass is 127. The van der Waals surface area contributed by atoms with Gasteiger partial charge in [0.2, 0.25) is 11.8 Å². The van der Waals surface area contributed by atoms with Crippen LogP contribution in [0, 0.1) is 5.92 Å². The number of guanidine groups is 1. The number of pyridine rings is 1. The third kappa shape index (κ3) is 7.68. The first-order valence-electron chi connectivity index (χ1n) is 10.4. The minimum Gasteiger partial charge on any atom is -0.473 e. The molecule has 3 rings (SSSR count). The molecule has 1 saturated heterocycles. The molecule has 1 fully saturated rings. The molecule has 1 aliphatic rings. The van der Waals surface area contributed by atoms with Crippen LogP contribution >= 0.6 is 24.0 Å². The first kappa shape index (κ1) is 24.9. The van der Waals surface area contributed by atoms with Crippen molar-refractivity contribution in [1.29, 1.82) is 0 Å². The molecule has 0 aliphatic carbocycles. The third-order valence-corrected chi connectivity index (χ3v) is 5.05. The smallest absolute Gasteiger partial charge is 0.225 e. The van der Waals surface area contributed by atoms with E-state index in [0.29, 0.717) is 25.6 Å². The number of aromatic nitrogens is 1. The molecule has 0 spiro atoms. The zero-order valence-electron chi connectivity index (χ0n) is 18.4. The number of nitrogens with zero attached hydrogens (tertiary/aromatic N) is 3. The second-order valence-corrected chi connectivity index (χ2v) is 7.77. The number of ether oxygens (including phenoxy) is 1. The van der Waals surface area contributed by atoms with Crippen molar-refractivity contribution in [2.75, 3.05) is 20.1 Å². The molecule has 0 bridgehead atoms. The Morgan fingerprint density at radius 1 is 1.26 bits per heavy atom. The lowest BCUT2D eigenvalue weighted by Crippen LogP contribution is -2.45. The van der Waals surface area contributed by atoms with E-state index in [0.717, 1.165) is 30.1 Å². The first-order valence-corrected chi connectivity index (χ1v) is 10.4. The fraction of sp³-hybridized carbons (Fsp3) is 0.435. The van der Waals surface area contributed by atoms with Crippen LogP contribution in [-0.2, 0) is 17.9 Å². The number of likely N-dealkylation sites (tertiary alicyclic amines) is 1. The van der Waals surface area contributed by atoms with Gasteiger partial charge in [0.05, 0.1) is 0 Å². The summed E-state index contributed by atoms with van der Waals surface area (Å²) in [5.41, 5.74) is 2.16. The van der Waals surface area contributed by atoms with Crippen molar-refractivity contribution in [3.05, 3.63) is 59.8 Å². The molecule has 31 heavy (non-hydrogen) atoms. The largest absolute Gasteiger partial charge is 0.473 e. The van der Waals surface area contributed by atoms with Crippen molar-refractivity contribution >= 4 is 35.8 Å². The number of benzene rings is 1. The molecule has 0 saturated carbocycles. The minimum absolute atomic E-state index is 0. The zero-order chi connectivity index (χ0) is 21.3. The van der Waals surface area contributed by atoms with E-state index in [9.17, 15) is 4.79 Å². The van der Waals surface area contributed by atoms with Crippen LogP contribution in [0.2, 0.25) is 0 Å². The van der Waals surface area contributed by atoms with Gasteiger partial charge in [-0.3, -0.25) is 9.79 Å². The Balaban J connectivity index is 0.00000341. The summed E-state index contributed by atoms with van der Waals surface area (Å²) in [6.07, 6.45) is 2.67. The van der Waals surface area contributed by atoms with Crippen LogP contribution in [0.25, 0.3) is 0 Å². The SMILES string of the molecule is CN=C(NCc1ccnc(OCc2ccccc2)c1)NC1CCN(C(=O)C(C)C)C1.I. The van der Waals surface area contributed by atoms with Gasteiger partial charge in [0.1, 0.15) is 6.61 Å². The molecular weight excluding hydrogens is 505 g/mol. The number of rotatable bonds is 7. The van der Waals surface area contributed by atoms with Crippen LogP contribution in [0.4, 0.5) is 0 Å². The molecule has 0 radical (unpaired) electrons. The molecule has 1 atom stereocenters. The van der Waals surface area contributed by atoms with E-state index in [1.54, 1.807) is 13.2 Å². The Morgan fingerprint density at radius 2 is 2.03 bits per heavy atom. The average Bonchev–Trinajstić information content (AvgIpc) is 3.24. The Kier molecular flexibility index (Phi) is 10.0. The summed E-state index contributed by atoms with van der Waals surface area (Å²) in [5.74, 6) is 1.57. The van der Waals surface area contributed by atoms with Gasteiger partial charge in [-0.2, -0.15) is 0 Å². The van der Waals surface area contributed by atoms with Gasteiger partial charge < -0.3 is 20.3 Å². The lowest BCUT2D eigenvalue weighted by Gasteiger charge is -2.20. The Hall–Kier alpha value is -2.36. The monoisotopic (exact) mass is 537 g/mol. The van der Waals surface area contributed by atoms with Crippen LogP contribution in [0.15, 0.2) is 53.7 Å². The van der Waals surface area contributed by atoms with Crippen molar-refractivity contribution in [2.45, 2.75) is 39.5 Å². The lowest BCUT2D eigenvalue weighted by molar-refractivity contribution is -0.133. The van der Waals surface area contributed by atoms with E-state index in [1.807, 2.05) is 61.2 Å². The fourth-order valence-electron chi connectivity index (χ4n) is 3.39. The number of carbonyl (C=O) groups is 1. The van der Waals surface area contributed by atoms with Crippen LogP contribution in [0.5, 0.6) is 5.88 Å². The van der Waals surface area contributed by atoms with Crippen LogP contribution in [0.1, 0.15) is 31.4 Å².